The fourth-order valence-corrected chi connectivity index (χ4v) is 1.58. The normalized spacial score (nSPS) is 10.8. The first-order chi connectivity index (χ1) is 8.24. The van der Waals surface area contributed by atoms with E-state index in [4.69, 9.17) is 5.11 Å². The van der Waals surface area contributed by atoms with Crippen LogP contribution in [0.15, 0.2) is 24.4 Å². The average Bonchev–Trinajstić information content (AvgIpc) is 2.80. The van der Waals surface area contributed by atoms with E-state index in [0.29, 0.717) is 17.9 Å². The molecule has 6 heteroatoms. The van der Waals surface area contributed by atoms with Gasteiger partial charge in [0.05, 0.1) is 18.5 Å². The second-order valence-electron chi connectivity index (χ2n) is 3.62. The van der Waals surface area contributed by atoms with E-state index >= 15 is 0 Å². The van der Waals surface area contributed by atoms with Crippen LogP contribution in [0, 0.1) is 5.82 Å². The molecule has 2 rings (SSSR count). The van der Waals surface area contributed by atoms with Gasteiger partial charge in [-0.1, -0.05) is 11.3 Å². The lowest BCUT2D eigenvalue weighted by Crippen LogP contribution is -2.09. The van der Waals surface area contributed by atoms with Crippen molar-refractivity contribution in [2.75, 3.05) is 7.05 Å². The Morgan fingerprint density at radius 1 is 1.47 bits per heavy atom. The molecule has 5 nitrogen and oxygen atoms in total. The van der Waals surface area contributed by atoms with Crippen molar-refractivity contribution in [2.24, 2.45) is 0 Å². The summed E-state index contributed by atoms with van der Waals surface area (Å²) in [7, 11) is 1.81. The molecule has 0 aliphatic rings. The molecule has 0 spiro atoms. The lowest BCUT2D eigenvalue weighted by atomic mass is 10.1. The Kier molecular flexibility index (Phi) is 3.46. The summed E-state index contributed by atoms with van der Waals surface area (Å²) in [6, 6.07) is 4.49. The van der Waals surface area contributed by atoms with E-state index in [2.05, 4.69) is 15.6 Å². The minimum atomic E-state index is -0.332. The number of nitrogens with zero attached hydrogens (tertiary/aromatic N) is 3. The molecule has 0 radical (unpaired) electrons. The molecule has 0 aliphatic carbocycles. The van der Waals surface area contributed by atoms with Crippen molar-refractivity contribution < 1.29 is 9.50 Å². The van der Waals surface area contributed by atoms with E-state index in [1.165, 1.54) is 16.8 Å². The maximum Gasteiger partial charge on any atom is 0.125 e. The zero-order valence-electron chi connectivity index (χ0n) is 9.39. The van der Waals surface area contributed by atoms with Gasteiger partial charge in [0, 0.05) is 6.54 Å². The monoisotopic (exact) mass is 236 g/mol. The topological polar surface area (TPSA) is 63.0 Å². The van der Waals surface area contributed by atoms with Gasteiger partial charge in [0.15, 0.2) is 0 Å². The Balaban J connectivity index is 2.44. The lowest BCUT2D eigenvalue weighted by molar-refractivity contribution is 0.276. The number of aliphatic hydroxyl groups excluding tert-OH is 1. The average molecular weight is 236 g/mol. The van der Waals surface area contributed by atoms with Crippen LogP contribution < -0.4 is 5.32 Å². The van der Waals surface area contributed by atoms with Crippen LogP contribution in [0.4, 0.5) is 4.39 Å². The zero-order valence-corrected chi connectivity index (χ0v) is 9.39. The molecule has 1 aromatic carbocycles. The molecule has 2 aromatic rings. The van der Waals surface area contributed by atoms with Crippen LogP contribution in [0.1, 0.15) is 11.3 Å². The van der Waals surface area contributed by atoms with Gasteiger partial charge in [-0.15, -0.1) is 5.10 Å². The zero-order chi connectivity index (χ0) is 12.3. The molecular weight excluding hydrogens is 223 g/mol. The highest BCUT2D eigenvalue weighted by atomic mass is 19.1. The van der Waals surface area contributed by atoms with Crippen LogP contribution in [0.25, 0.3) is 5.69 Å². The molecule has 0 bridgehead atoms. The molecule has 0 amide bonds. The second-order valence-corrected chi connectivity index (χ2v) is 3.62. The molecule has 1 heterocycles. The number of rotatable bonds is 4. The van der Waals surface area contributed by atoms with Crippen molar-refractivity contribution in [1.29, 1.82) is 0 Å². The van der Waals surface area contributed by atoms with Crippen LogP contribution in [-0.4, -0.2) is 27.1 Å². The Morgan fingerprint density at radius 3 is 2.94 bits per heavy atom. The van der Waals surface area contributed by atoms with Crippen LogP contribution in [0.3, 0.4) is 0 Å². The van der Waals surface area contributed by atoms with Crippen LogP contribution in [-0.2, 0) is 13.2 Å². The van der Waals surface area contributed by atoms with Gasteiger partial charge in [-0.25, -0.2) is 9.07 Å². The molecule has 2 N–H and O–H groups in total. The Morgan fingerprint density at radius 2 is 2.29 bits per heavy atom. The summed E-state index contributed by atoms with van der Waals surface area (Å²) in [5.41, 5.74) is 1.97. The number of hydrogen-bond donors (Lipinski definition) is 2. The second kappa shape index (κ2) is 5.03. The summed E-state index contributed by atoms with van der Waals surface area (Å²) in [6.07, 6.45) is 1.58. The minimum absolute atomic E-state index is 0.184. The number of nitrogens with one attached hydrogen (secondary N) is 1. The molecule has 0 unspecified atom stereocenters. The van der Waals surface area contributed by atoms with Gasteiger partial charge in [-0.2, -0.15) is 0 Å². The van der Waals surface area contributed by atoms with E-state index in [0.717, 1.165) is 5.56 Å². The van der Waals surface area contributed by atoms with Gasteiger partial charge in [0.2, 0.25) is 0 Å². The third kappa shape index (κ3) is 2.48. The summed E-state index contributed by atoms with van der Waals surface area (Å²) >= 11 is 0. The van der Waals surface area contributed by atoms with E-state index < -0.39 is 0 Å². The molecule has 17 heavy (non-hydrogen) atoms. The van der Waals surface area contributed by atoms with Crippen molar-refractivity contribution in [1.82, 2.24) is 20.3 Å². The molecule has 1 aromatic heterocycles. The first-order valence-electron chi connectivity index (χ1n) is 5.20. The highest BCUT2D eigenvalue weighted by Crippen LogP contribution is 2.15. The third-order valence-corrected chi connectivity index (χ3v) is 2.36. The largest absolute Gasteiger partial charge is 0.390 e. The number of benzene rings is 1. The predicted molar refractivity (Wildman–Crippen MR) is 60.0 cm³/mol. The highest BCUT2D eigenvalue weighted by molar-refractivity contribution is 5.40. The van der Waals surface area contributed by atoms with Crippen molar-refractivity contribution in [2.45, 2.75) is 13.2 Å². The molecule has 0 aliphatic heterocycles. The fourth-order valence-electron chi connectivity index (χ4n) is 1.58. The van der Waals surface area contributed by atoms with Gasteiger partial charge in [-0.3, -0.25) is 0 Å². The number of hydrogen-bond acceptors (Lipinski definition) is 4. The lowest BCUT2D eigenvalue weighted by Gasteiger charge is -2.08. The Hall–Kier alpha value is -1.79. The number of aliphatic hydroxyl groups is 1. The number of halogens is 1. The highest BCUT2D eigenvalue weighted by Gasteiger charge is 2.08. The Bertz CT molecular complexity index is 512. The molecule has 0 saturated carbocycles. The summed E-state index contributed by atoms with van der Waals surface area (Å²) in [5.74, 6) is -0.332. The van der Waals surface area contributed by atoms with Crippen LogP contribution in [0.2, 0.25) is 0 Å². The Labute approximate surface area is 97.9 Å². The van der Waals surface area contributed by atoms with Crippen LogP contribution in [0.5, 0.6) is 0 Å². The van der Waals surface area contributed by atoms with E-state index in [-0.39, 0.29) is 12.4 Å². The molecule has 90 valence electrons. The van der Waals surface area contributed by atoms with Gasteiger partial charge in [0.25, 0.3) is 0 Å². The summed E-state index contributed by atoms with van der Waals surface area (Å²) in [4.78, 5) is 0. The van der Waals surface area contributed by atoms with Gasteiger partial charge >= 0.3 is 0 Å². The predicted octanol–water partition coefficient (Wildman–Crippen LogP) is 0.618. The molecular formula is C11H13FN4O. The quantitative estimate of drug-likeness (QED) is 0.816. The first kappa shape index (κ1) is 11.7. The van der Waals surface area contributed by atoms with E-state index in [1.54, 1.807) is 12.3 Å². The molecule has 0 saturated heterocycles. The maximum atomic E-state index is 13.2. The van der Waals surface area contributed by atoms with Crippen molar-refractivity contribution in [3.05, 3.63) is 41.5 Å². The fraction of sp³-hybridized carbons (Fsp3) is 0.273. The first-order valence-corrected chi connectivity index (χ1v) is 5.20. The third-order valence-electron chi connectivity index (χ3n) is 2.36. The number of aromatic nitrogens is 3. The van der Waals surface area contributed by atoms with Crippen molar-refractivity contribution >= 4 is 0 Å². The van der Waals surface area contributed by atoms with Gasteiger partial charge in [0.1, 0.15) is 11.5 Å². The van der Waals surface area contributed by atoms with Gasteiger partial charge in [-0.05, 0) is 24.7 Å². The van der Waals surface area contributed by atoms with Crippen LogP contribution >= 0.6 is 0 Å². The molecule has 0 atom stereocenters. The smallest absolute Gasteiger partial charge is 0.125 e. The summed E-state index contributed by atoms with van der Waals surface area (Å²) < 4.78 is 14.7. The van der Waals surface area contributed by atoms with E-state index in [9.17, 15) is 4.39 Å². The summed E-state index contributed by atoms with van der Waals surface area (Å²) in [6.45, 7) is 0.417. The summed E-state index contributed by atoms with van der Waals surface area (Å²) in [5, 5.41) is 19.5. The SMILES string of the molecule is CNCc1ccc(F)cc1-n1cc(CO)nn1. The van der Waals surface area contributed by atoms with Crippen molar-refractivity contribution in [3.8, 4) is 5.69 Å². The van der Waals surface area contributed by atoms with Crippen molar-refractivity contribution in [3.63, 3.8) is 0 Å². The maximum absolute atomic E-state index is 13.2. The standard InChI is InChI=1S/C11H13FN4O/c1-13-5-8-2-3-9(12)4-11(8)16-6-10(7-17)14-15-16/h2-4,6,13,17H,5,7H2,1H3. The van der Waals surface area contributed by atoms with E-state index in [1.807, 2.05) is 7.05 Å². The molecule has 0 fully saturated rings. The minimum Gasteiger partial charge on any atom is -0.390 e. The van der Waals surface area contributed by atoms with Gasteiger partial charge < -0.3 is 10.4 Å².